The Bertz CT molecular complexity index is 1020. The molecule has 1 aromatic carbocycles. The Labute approximate surface area is 142 Å². The van der Waals surface area contributed by atoms with E-state index in [1.54, 1.807) is 0 Å². The Kier molecular flexibility index (Phi) is 3.86. The lowest BCUT2D eigenvalue weighted by Gasteiger charge is -2.07. The molecule has 0 bridgehead atoms. The molecule has 0 saturated carbocycles. The molecule has 0 aliphatic heterocycles. The van der Waals surface area contributed by atoms with Crippen molar-refractivity contribution in [3.8, 4) is 0 Å². The normalized spacial score (nSPS) is 12.7. The van der Waals surface area contributed by atoms with Gasteiger partial charge in [0.2, 0.25) is 0 Å². The summed E-state index contributed by atoms with van der Waals surface area (Å²) in [5, 5.41) is 1.08. The maximum atomic E-state index is 12.7. The third-order valence-electron chi connectivity index (χ3n) is 3.97. The quantitative estimate of drug-likeness (QED) is 0.572. The van der Waals surface area contributed by atoms with Crippen LogP contribution in [0.1, 0.15) is 17.0 Å². The van der Waals surface area contributed by atoms with E-state index < -0.39 is 10.8 Å². The van der Waals surface area contributed by atoms with Crippen molar-refractivity contribution in [1.82, 2.24) is 14.4 Å². The van der Waals surface area contributed by atoms with Crippen LogP contribution in [-0.2, 0) is 22.3 Å². The minimum absolute atomic E-state index is 0.456. The van der Waals surface area contributed by atoms with Gasteiger partial charge < -0.3 is 4.40 Å². The minimum atomic E-state index is -1.02. The first kappa shape index (κ1) is 15.0. The molecule has 120 valence electrons. The van der Waals surface area contributed by atoms with Crippen LogP contribution in [0.25, 0.3) is 16.6 Å². The van der Waals surface area contributed by atoms with Crippen molar-refractivity contribution >= 4 is 27.3 Å². The second kappa shape index (κ2) is 6.17. The lowest BCUT2D eigenvalue weighted by atomic mass is 10.1. The molecule has 1 atom stereocenters. The Balaban J connectivity index is 1.60. The Morgan fingerprint density at radius 1 is 1.04 bits per heavy atom. The van der Waals surface area contributed by atoms with Crippen molar-refractivity contribution < 1.29 is 4.21 Å². The molecule has 0 fully saturated rings. The molecular formula is C19H17N3OS. The molecule has 24 heavy (non-hydrogen) atoms. The fraction of sp³-hybridized carbons (Fsp3) is 0.158. The molecule has 0 spiro atoms. The van der Waals surface area contributed by atoms with Gasteiger partial charge in [-0.05, 0) is 36.8 Å². The zero-order chi connectivity index (χ0) is 16.5. The van der Waals surface area contributed by atoms with Gasteiger partial charge in [-0.1, -0.05) is 24.3 Å². The molecule has 0 radical (unpaired) electrons. The van der Waals surface area contributed by atoms with Crippen molar-refractivity contribution in [2.24, 2.45) is 0 Å². The maximum absolute atomic E-state index is 12.7. The molecule has 0 unspecified atom stereocenters. The highest BCUT2D eigenvalue weighted by Gasteiger charge is 2.10. The van der Waals surface area contributed by atoms with Gasteiger partial charge in [-0.3, -0.25) is 9.19 Å². The van der Waals surface area contributed by atoms with Crippen molar-refractivity contribution in [3.63, 3.8) is 0 Å². The van der Waals surface area contributed by atoms with Gasteiger partial charge in [0.25, 0.3) is 0 Å². The van der Waals surface area contributed by atoms with Gasteiger partial charge in [0.15, 0.2) is 0 Å². The number of nitrogens with zero attached hydrogens (tertiary/aromatic N) is 3. The number of hydrogen-bond donors (Lipinski definition) is 0. The molecule has 4 rings (SSSR count). The summed E-state index contributed by atoms with van der Waals surface area (Å²) in [4.78, 5) is 9.07. The molecule has 5 heteroatoms. The predicted molar refractivity (Wildman–Crippen MR) is 97.2 cm³/mol. The molecule has 4 nitrogen and oxygen atoms in total. The number of rotatable bonds is 4. The summed E-state index contributed by atoms with van der Waals surface area (Å²) in [5.74, 6) is 0.967. The van der Waals surface area contributed by atoms with Crippen molar-refractivity contribution in [1.29, 1.82) is 0 Å². The highest BCUT2D eigenvalue weighted by Crippen LogP contribution is 2.20. The fourth-order valence-corrected chi connectivity index (χ4v) is 4.12. The van der Waals surface area contributed by atoms with Gasteiger partial charge >= 0.3 is 0 Å². The molecule has 0 aliphatic rings. The first-order valence-electron chi connectivity index (χ1n) is 7.82. The maximum Gasteiger partial charge on any atom is 0.137 e. The van der Waals surface area contributed by atoms with E-state index in [9.17, 15) is 4.21 Å². The molecule has 0 saturated heterocycles. The number of fused-ring (bicyclic) bond motifs is 2. The lowest BCUT2D eigenvalue weighted by molar-refractivity contribution is 0.682. The van der Waals surface area contributed by atoms with E-state index in [1.165, 1.54) is 0 Å². The SMILES string of the molecule is Cc1cc(C[S@](=O)Cc2cn3ccccc3n2)c2ccccc2n1. The van der Waals surface area contributed by atoms with Crippen LogP contribution in [0.3, 0.4) is 0 Å². The van der Waals surface area contributed by atoms with Crippen LogP contribution < -0.4 is 0 Å². The Morgan fingerprint density at radius 3 is 2.75 bits per heavy atom. The summed E-state index contributed by atoms with van der Waals surface area (Å²) in [6.07, 6.45) is 3.90. The fourth-order valence-electron chi connectivity index (χ4n) is 2.96. The number of aromatic nitrogens is 3. The summed E-state index contributed by atoms with van der Waals surface area (Å²) in [5.41, 5.74) is 4.73. The van der Waals surface area contributed by atoms with Crippen LogP contribution in [0.4, 0.5) is 0 Å². The number of benzene rings is 1. The summed E-state index contributed by atoms with van der Waals surface area (Å²) in [6.45, 7) is 1.97. The molecule has 3 aromatic heterocycles. The van der Waals surface area contributed by atoms with Crippen LogP contribution in [0.15, 0.2) is 60.9 Å². The summed E-state index contributed by atoms with van der Waals surface area (Å²) in [7, 11) is -1.02. The van der Waals surface area contributed by atoms with E-state index in [1.807, 2.05) is 72.2 Å². The molecular weight excluding hydrogens is 318 g/mol. The standard InChI is InChI=1S/C19H17N3OS/c1-14-10-15(17-6-2-3-7-18(17)20-14)12-24(23)13-16-11-22-9-5-4-8-19(22)21-16/h2-11H,12-13H2,1H3/t24-/m0/s1. The van der Waals surface area contributed by atoms with E-state index in [0.29, 0.717) is 11.5 Å². The van der Waals surface area contributed by atoms with Gasteiger partial charge in [0, 0.05) is 40.0 Å². The van der Waals surface area contributed by atoms with E-state index in [4.69, 9.17) is 0 Å². The first-order valence-corrected chi connectivity index (χ1v) is 9.31. The molecule has 0 N–H and O–H groups in total. The zero-order valence-electron chi connectivity index (χ0n) is 13.3. The van der Waals surface area contributed by atoms with Crippen LogP contribution in [0.2, 0.25) is 0 Å². The van der Waals surface area contributed by atoms with Gasteiger partial charge in [-0.2, -0.15) is 0 Å². The van der Waals surface area contributed by atoms with Crippen LogP contribution in [0.5, 0.6) is 0 Å². The first-order chi connectivity index (χ1) is 11.7. The Hall–Kier alpha value is -2.53. The summed E-state index contributed by atoms with van der Waals surface area (Å²) < 4.78 is 14.6. The third-order valence-corrected chi connectivity index (χ3v) is 5.22. The number of aryl methyl sites for hydroxylation is 1. The second-order valence-corrected chi connectivity index (χ2v) is 7.32. The van der Waals surface area contributed by atoms with E-state index in [2.05, 4.69) is 9.97 Å². The van der Waals surface area contributed by atoms with Gasteiger partial charge in [-0.25, -0.2) is 4.98 Å². The highest BCUT2D eigenvalue weighted by atomic mass is 32.2. The molecule has 4 aromatic rings. The molecule has 0 amide bonds. The van der Waals surface area contributed by atoms with Crippen LogP contribution in [-0.4, -0.2) is 18.6 Å². The Morgan fingerprint density at radius 2 is 1.88 bits per heavy atom. The topological polar surface area (TPSA) is 47.3 Å². The largest absolute Gasteiger partial charge is 0.307 e. The monoisotopic (exact) mass is 335 g/mol. The second-order valence-electron chi connectivity index (χ2n) is 5.87. The van der Waals surface area contributed by atoms with Gasteiger partial charge in [0.05, 0.1) is 17.0 Å². The predicted octanol–water partition coefficient (Wildman–Crippen LogP) is 3.64. The number of hydrogen-bond acceptors (Lipinski definition) is 3. The van der Waals surface area contributed by atoms with E-state index >= 15 is 0 Å². The smallest absolute Gasteiger partial charge is 0.137 e. The van der Waals surface area contributed by atoms with Gasteiger partial charge in [-0.15, -0.1) is 0 Å². The number of imidazole rings is 1. The van der Waals surface area contributed by atoms with Crippen molar-refractivity contribution in [2.45, 2.75) is 18.4 Å². The number of para-hydroxylation sites is 1. The van der Waals surface area contributed by atoms with Crippen LogP contribution in [0, 0.1) is 6.92 Å². The van der Waals surface area contributed by atoms with Crippen molar-refractivity contribution in [2.75, 3.05) is 0 Å². The van der Waals surface area contributed by atoms with Crippen molar-refractivity contribution in [3.05, 3.63) is 77.9 Å². The molecule has 0 aliphatic carbocycles. The summed E-state index contributed by atoms with van der Waals surface area (Å²) >= 11 is 0. The average molecular weight is 335 g/mol. The number of pyridine rings is 2. The summed E-state index contributed by atoms with van der Waals surface area (Å²) in [6, 6.07) is 15.9. The lowest BCUT2D eigenvalue weighted by Crippen LogP contribution is -2.01. The highest BCUT2D eigenvalue weighted by molar-refractivity contribution is 7.83. The van der Waals surface area contributed by atoms with E-state index in [-0.39, 0.29) is 0 Å². The van der Waals surface area contributed by atoms with E-state index in [0.717, 1.165) is 33.5 Å². The van der Waals surface area contributed by atoms with Gasteiger partial charge in [0.1, 0.15) is 5.65 Å². The third kappa shape index (κ3) is 2.95. The molecule has 3 heterocycles. The zero-order valence-corrected chi connectivity index (χ0v) is 14.2. The van der Waals surface area contributed by atoms with Crippen LogP contribution >= 0.6 is 0 Å². The minimum Gasteiger partial charge on any atom is -0.307 e. The average Bonchev–Trinajstić information content (AvgIpc) is 2.96.